The van der Waals surface area contributed by atoms with Crippen LogP contribution >= 0.6 is 0 Å². The number of nitrogens with one attached hydrogen (secondary N) is 2. The molecule has 0 saturated heterocycles. The lowest BCUT2D eigenvalue weighted by molar-refractivity contribution is 0.171. The van der Waals surface area contributed by atoms with E-state index in [1.165, 1.54) is 0 Å². The van der Waals surface area contributed by atoms with Gasteiger partial charge >= 0.3 is 6.03 Å². The summed E-state index contributed by atoms with van der Waals surface area (Å²) >= 11 is 0. The monoisotopic (exact) mass is 326 g/mol. The first-order valence-electron chi connectivity index (χ1n) is 8.12. The van der Waals surface area contributed by atoms with Crippen LogP contribution in [0.25, 0.3) is 0 Å². The molecule has 2 amide bonds. The van der Waals surface area contributed by atoms with Crippen molar-refractivity contribution in [2.24, 2.45) is 0 Å². The summed E-state index contributed by atoms with van der Waals surface area (Å²) in [6.07, 6.45) is 0.733. The molecule has 2 aromatic carbocycles. The van der Waals surface area contributed by atoms with Crippen molar-refractivity contribution in [2.45, 2.75) is 20.3 Å². The fourth-order valence-electron chi connectivity index (χ4n) is 2.79. The van der Waals surface area contributed by atoms with Gasteiger partial charge in [0.2, 0.25) is 0 Å². The molecule has 3 rings (SSSR count). The fourth-order valence-corrected chi connectivity index (χ4v) is 2.79. The summed E-state index contributed by atoms with van der Waals surface area (Å²) < 4.78 is 11.1. The van der Waals surface area contributed by atoms with Gasteiger partial charge in [-0.3, -0.25) is 0 Å². The van der Waals surface area contributed by atoms with E-state index in [-0.39, 0.29) is 6.03 Å². The zero-order valence-electron chi connectivity index (χ0n) is 14.0. The van der Waals surface area contributed by atoms with E-state index in [0.717, 1.165) is 40.3 Å². The first kappa shape index (κ1) is 16.2. The van der Waals surface area contributed by atoms with Crippen LogP contribution in [0.2, 0.25) is 0 Å². The molecule has 5 heteroatoms. The Bertz CT molecular complexity index is 723. The molecule has 24 heavy (non-hydrogen) atoms. The van der Waals surface area contributed by atoms with Crippen molar-refractivity contribution < 1.29 is 14.3 Å². The van der Waals surface area contributed by atoms with Crippen LogP contribution in [0, 0.1) is 13.8 Å². The molecule has 2 N–H and O–H groups in total. The summed E-state index contributed by atoms with van der Waals surface area (Å²) in [7, 11) is 0. The fraction of sp³-hybridized carbons (Fsp3) is 0.316. The highest BCUT2D eigenvalue weighted by Gasteiger charge is 2.11. The van der Waals surface area contributed by atoms with Crippen molar-refractivity contribution in [3.63, 3.8) is 0 Å². The van der Waals surface area contributed by atoms with Crippen LogP contribution in [0.5, 0.6) is 11.5 Å². The van der Waals surface area contributed by atoms with Crippen molar-refractivity contribution in [3.8, 4) is 11.5 Å². The smallest absolute Gasteiger partial charge is 0.319 e. The predicted octanol–water partition coefficient (Wildman–Crippen LogP) is 3.44. The predicted molar refractivity (Wildman–Crippen MR) is 94.1 cm³/mol. The highest BCUT2D eigenvalue weighted by Crippen LogP contribution is 2.30. The van der Waals surface area contributed by atoms with E-state index in [4.69, 9.17) is 9.47 Å². The van der Waals surface area contributed by atoms with Gasteiger partial charge in [-0.25, -0.2) is 4.79 Å². The highest BCUT2D eigenvalue weighted by atomic mass is 16.6. The Morgan fingerprint density at radius 3 is 2.46 bits per heavy atom. The zero-order chi connectivity index (χ0) is 16.9. The number of carbonyl (C=O) groups is 1. The van der Waals surface area contributed by atoms with Crippen LogP contribution in [0.3, 0.4) is 0 Å². The molecule has 0 radical (unpaired) electrons. The summed E-state index contributed by atoms with van der Waals surface area (Å²) in [5.41, 5.74) is 4.17. The van der Waals surface area contributed by atoms with Crippen LogP contribution < -0.4 is 20.1 Å². The number of carbonyl (C=O) groups excluding carboxylic acids is 1. The topological polar surface area (TPSA) is 59.6 Å². The number of ether oxygens (including phenoxy) is 2. The molecule has 0 fully saturated rings. The number of rotatable bonds is 4. The van der Waals surface area contributed by atoms with E-state index in [0.29, 0.717) is 19.8 Å². The third-order valence-corrected chi connectivity index (χ3v) is 3.79. The molecule has 0 bridgehead atoms. The molecular formula is C19H22N2O3. The molecule has 0 unspecified atom stereocenters. The minimum atomic E-state index is -0.197. The molecule has 5 nitrogen and oxygen atoms in total. The van der Waals surface area contributed by atoms with Crippen molar-refractivity contribution in [1.29, 1.82) is 0 Å². The summed E-state index contributed by atoms with van der Waals surface area (Å²) in [6, 6.07) is 11.7. The number of amides is 2. The van der Waals surface area contributed by atoms with Crippen molar-refractivity contribution in [2.75, 3.05) is 25.1 Å². The number of fused-ring (bicyclic) bond motifs is 1. The van der Waals surface area contributed by atoms with Crippen molar-refractivity contribution >= 4 is 11.7 Å². The maximum absolute atomic E-state index is 12.0. The first-order valence-corrected chi connectivity index (χ1v) is 8.12. The van der Waals surface area contributed by atoms with Crippen LogP contribution in [0.15, 0.2) is 36.4 Å². The number of anilines is 1. The molecule has 0 spiro atoms. The molecular weight excluding hydrogens is 304 g/mol. The lowest BCUT2D eigenvalue weighted by Crippen LogP contribution is -2.30. The average molecular weight is 326 g/mol. The van der Waals surface area contributed by atoms with E-state index < -0.39 is 0 Å². The normalized spacial score (nSPS) is 12.6. The van der Waals surface area contributed by atoms with E-state index in [9.17, 15) is 4.79 Å². The number of benzene rings is 2. The molecule has 126 valence electrons. The quantitative estimate of drug-likeness (QED) is 0.905. The molecule has 0 aromatic heterocycles. The van der Waals surface area contributed by atoms with Gasteiger partial charge in [0.05, 0.1) is 0 Å². The Morgan fingerprint density at radius 1 is 1.00 bits per heavy atom. The summed E-state index contributed by atoms with van der Waals surface area (Å²) in [6.45, 7) is 5.74. The third kappa shape index (κ3) is 4.19. The molecule has 2 aromatic rings. The molecule has 0 aliphatic carbocycles. The Balaban J connectivity index is 1.50. The van der Waals surface area contributed by atoms with Gasteiger partial charge < -0.3 is 20.1 Å². The van der Waals surface area contributed by atoms with E-state index >= 15 is 0 Å². The van der Waals surface area contributed by atoms with E-state index in [1.807, 2.05) is 44.2 Å². The molecule has 0 saturated carbocycles. The maximum atomic E-state index is 12.0. The van der Waals surface area contributed by atoms with Gasteiger partial charge in [-0.05, 0) is 61.2 Å². The van der Waals surface area contributed by atoms with Gasteiger partial charge in [0.1, 0.15) is 13.2 Å². The maximum Gasteiger partial charge on any atom is 0.319 e. The lowest BCUT2D eigenvalue weighted by Gasteiger charge is -2.18. The number of urea groups is 1. The summed E-state index contributed by atoms with van der Waals surface area (Å²) in [5.74, 6) is 1.56. The minimum Gasteiger partial charge on any atom is -0.486 e. The zero-order valence-corrected chi connectivity index (χ0v) is 14.0. The standard InChI is InChI=1S/C19H22N2O3/c1-13-9-14(2)11-16(10-13)21-19(22)20-6-5-15-3-4-17-18(12-15)24-8-7-23-17/h3-4,9-12H,5-8H2,1-2H3,(H2,20,21,22). The average Bonchev–Trinajstić information content (AvgIpc) is 2.53. The second-order valence-corrected chi connectivity index (χ2v) is 5.99. The molecule has 1 aliphatic rings. The summed E-state index contributed by atoms with van der Waals surface area (Å²) in [5, 5.41) is 5.74. The number of aryl methyl sites for hydroxylation is 2. The number of hydrogen-bond acceptors (Lipinski definition) is 3. The van der Waals surface area contributed by atoms with E-state index in [2.05, 4.69) is 16.7 Å². The van der Waals surface area contributed by atoms with Gasteiger partial charge in [0.15, 0.2) is 11.5 Å². The van der Waals surface area contributed by atoms with Gasteiger partial charge in [0, 0.05) is 12.2 Å². The van der Waals surface area contributed by atoms with Crippen molar-refractivity contribution in [3.05, 3.63) is 53.1 Å². The molecule has 0 atom stereocenters. The Kier molecular flexibility index (Phi) is 4.89. The minimum absolute atomic E-state index is 0.197. The number of hydrogen-bond donors (Lipinski definition) is 2. The Hall–Kier alpha value is -2.69. The summed E-state index contributed by atoms with van der Waals surface area (Å²) in [4.78, 5) is 12.0. The van der Waals surface area contributed by atoms with Crippen LogP contribution in [-0.2, 0) is 6.42 Å². The van der Waals surface area contributed by atoms with Gasteiger partial charge in [-0.1, -0.05) is 12.1 Å². The van der Waals surface area contributed by atoms with Gasteiger partial charge in [0.25, 0.3) is 0 Å². The van der Waals surface area contributed by atoms with Crippen LogP contribution in [0.4, 0.5) is 10.5 Å². The Morgan fingerprint density at radius 2 is 1.71 bits per heavy atom. The SMILES string of the molecule is Cc1cc(C)cc(NC(=O)NCCc2ccc3c(c2)OCCO3)c1. The largest absolute Gasteiger partial charge is 0.486 e. The van der Waals surface area contributed by atoms with Crippen LogP contribution in [0.1, 0.15) is 16.7 Å². The molecule has 1 heterocycles. The van der Waals surface area contributed by atoms with E-state index in [1.54, 1.807) is 0 Å². The molecule has 1 aliphatic heterocycles. The van der Waals surface area contributed by atoms with Gasteiger partial charge in [-0.15, -0.1) is 0 Å². The lowest BCUT2D eigenvalue weighted by atomic mass is 10.1. The van der Waals surface area contributed by atoms with Crippen molar-refractivity contribution in [1.82, 2.24) is 5.32 Å². The second-order valence-electron chi connectivity index (χ2n) is 5.99. The second kappa shape index (κ2) is 7.25. The Labute approximate surface area is 142 Å². The first-order chi connectivity index (χ1) is 11.6. The van der Waals surface area contributed by atoms with Crippen LogP contribution in [-0.4, -0.2) is 25.8 Å². The van der Waals surface area contributed by atoms with Gasteiger partial charge in [-0.2, -0.15) is 0 Å². The third-order valence-electron chi connectivity index (χ3n) is 3.79. The highest BCUT2D eigenvalue weighted by molar-refractivity contribution is 5.89.